The molecule has 0 saturated heterocycles. The van der Waals surface area contributed by atoms with Gasteiger partial charge in [-0.25, -0.2) is 4.98 Å². The van der Waals surface area contributed by atoms with Gasteiger partial charge in [-0.3, -0.25) is 9.00 Å². The summed E-state index contributed by atoms with van der Waals surface area (Å²) in [4.78, 5) is 16.3. The number of carbonyl (C=O) groups is 1. The Bertz CT molecular complexity index is 469. The van der Waals surface area contributed by atoms with Crippen LogP contribution in [0.2, 0.25) is 0 Å². The molecular weight excluding hydrogens is 292 g/mol. The molecule has 0 aromatic carbocycles. The summed E-state index contributed by atoms with van der Waals surface area (Å²) in [7, 11) is -1.23. The lowest BCUT2D eigenvalue weighted by molar-refractivity contribution is -0.120. The van der Waals surface area contributed by atoms with E-state index in [9.17, 15) is 9.00 Å². The van der Waals surface area contributed by atoms with Gasteiger partial charge >= 0.3 is 0 Å². The Hall–Kier alpha value is -0.750. The molecule has 0 aliphatic rings. The minimum atomic E-state index is -1.23. The highest BCUT2D eigenvalue weighted by molar-refractivity contribution is 7.85. The molecule has 114 valence electrons. The standard InChI is InChI=1S/C14H24N2O2S2/c1-9(2)6-15-13(17)11(5)20(18)8-12-7-19-14(16-12)10(3)4/h7,9-11H,6,8H2,1-5H3,(H,15,17)/t11-,20+/m1/s1. The molecule has 0 aliphatic carbocycles. The molecule has 1 heterocycles. The predicted octanol–water partition coefficient (Wildman–Crippen LogP) is 2.68. The molecule has 0 bridgehead atoms. The molecule has 1 amide bonds. The zero-order valence-corrected chi connectivity index (χ0v) is 14.4. The molecular formula is C14H24N2O2S2. The van der Waals surface area contributed by atoms with Crippen LogP contribution >= 0.6 is 11.3 Å². The van der Waals surface area contributed by atoms with Crippen LogP contribution in [0.25, 0.3) is 0 Å². The number of thiazole rings is 1. The van der Waals surface area contributed by atoms with Crippen LogP contribution in [0.5, 0.6) is 0 Å². The van der Waals surface area contributed by atoms with Crippen LogP contribution in [0.15, 0.2) is 5.38 Å². The van der Waals surface area contributed by atoms with Gasteiger partial charge in [0.05, 0.1) is 16.5 Å². The Morgan fingerprint density at radius 2 is 2.00 bits per heavy atom. The second kappa shape index (κ2) is 7.88. The fourth-order valence-corrected chi connectivity index (χ4v) is 3.44. The van der Waals surface area contributed by atoms with Crippen molar-refractivity contribution in [2.75, 3.05) is 6.54 Å². The third-order valence-electron chi connectivity index (χ3n) is 2.80. The normalized spacial score (nSPS) is 14.6. The van der Waals surface area contributed by atoms with Gasteiger partial charge in [-0.1, -0.05) is 27.7 Å². The average Bonchev–Trinajstić information content (AvgIpc) is 2.83. The van der Waals surface area contributed by atoms with Crippen molar-refractivity contribution in [3.8, 4) is 0 Å². The SMILES string of the molecule is CC(C)CNC(=O)[C@@H](C)[S@@](=O)Cc1csc(C(C)C)n1. The molecule has 0 aliphatic heterocycles. The van der Waals surface area contributed by atoms with Gasteiger partial charge in [0.1, 0.15) is 5.25 Å². The van der Waals surface area contributed by atoms with E-state index in [1.165, 1.54) is 0 Å². The van der Waals surface area contributed by atoms with Crippen molar-refractivity contribution in [3.63, 3.8) is 0 Å². The number of nitrogens with one attached hydrogen (secondary N) is 1. The fourth-order valence-electron chi connectivity index (χ4n) is 1.49. The number of carbonyl (C=O) groups excluding carboxylic acids is 1. The van der Waals surface area contributed by atoms with Gasteiger partial charge in [-0.2, -0.15) is 0 Å². The van der Waals surface area contributed by atoms with Crippen LogP contribution in [0.4, 0.5) is 0 Å². The second-order valence-electron chi connectivity index (χ2n) is 5.64. The Balaban J connectivity index is 2.54. The summed E-state index contributed by atoms with van der Waals surface area (Å²) in [6.45, 7) is 10.6. The van der Waals surface area contributed by atoms with Crippen LogP contribution in [0.3, 0.4) is 0 Å². The van der Waals surface area contributed by atoms with Gasteiger partial charge < -0.3 is 5.32 Å². The largest absolute Gasteiger partial charge is 0.355 e. The van der Waals surface area contributed by atoms with Crippen molar-refractivity contribution in [3.05, 3.63) is 16.1 Å². The number of aromatic nitrogens is 1. The smallest absolute Gasteiger partial charge is 0.235 e. The van der Waals surface area contributed by atoms with E-state index in [0.717, 1.165) is 10.7 Å². The van der Waals surface area contributed by atoms with Crippen LogP contribution in [0, 0.1) is 5.92 Å². The summed E-state index contributed by atoms with van der Waals surface area (Å²) in [6.07, 6.45) is 0. The van der Waals surface area contributed by atoms with Crippen molar-refractivity contribution < 1.29 is 9.00 Å². The molecule has 0 radical (unpaired) electrons. The maximum absolute atomic E-state index is 12.2. The highest BCUT2D eigenvalue weighted by atomic mass is 32.2. The third kappa shape index (κ3) is 5.32. The highest BCUT2D eigenvalue weighted by Crippen LogP contribution is 2.20. The molecule has 1 rings (SSSR count). The summed E-state index contributed by atoms with van der Waals surface area (Å²) >= 11 is 1.59. The monoisotopic (exact) mass is 316 g/mol. The van der Waals surface area contributed by atoms with E-state index < -0.39 is 16.0 Å². The highest BCUT2D eigenvalue weighted by Gasteiger charge is 2.21. The second-order valence-corrected chi connectivity index (χ2v) is 8.29. The van der Waals surface area contributed by atoms with Crippen LogP contribution < -0.4 is 5.32 Å². The summed E-state index contributed by atoms with van der Waals surface area (Å²) in [5, 5.41) is 5.31. The summed E-state index contributed by atoms with van der Waals surface area (Å²) < 4.78 is 12.2. The van der Waals surface area contributed by atoms with Gasteiger partial charge in [-0.15, -0.1) is 11.3 Å². The first-order chi connectivity index (χ1) is 9.31. The summed E-state index contributed by atoms with van der Waals surface area (Å²) in [5.41, 5.74) is 0.820. The fraction of sp³-hybridized carbons (Fsp3) is 0.714. The van der Waals surface area contributed by atoms with E-state index in [1.54, 1.807) is 18.3 Å². The molecule has 0 spiro atoms. The number of hydrogen-bond acceptors (Lipinski definition) is 4. The Morgan fingerprint density at radius 3 is 2.50 bits per heavy atom. The summed E-state index contributed by atoms with van der Waals surface area (Å²) in [6, 6.07) is 0. The molecule has 0 fully saturated rings. The zero-order valence-electron chi connectivity index (χ0n) is 12.8. The topological polar surface area (TPSA) is 59.1 Å². The first-order valence-electron chi connectivity index (χ1n) is 6.90. The molecule has 1 aromatic rings. The first-order valence-corrected chi connectivity index (χ1v) is 9.16. The minimum absolute atomic E-state index is 0.142. The number of amides is 1. The number of hydrogen-bond donors (Lipinski definition) is 1. The quantitative estimate of drug-likeness (QED) is 0.841. The lowest BCUT2D eigenvalue weighted by Crippen LogP contribution is -2.37. The lowest BCUT2D eigenvalue weighted by atomic mass is 10.2. The van der Waals surface area contributed by atoms with E-state index in [-0.39, 0.29) is 5.91 Å². The minimum Gasteiger partial charge on any atom is -0.355 e. The Morgan fingerprint density at radius 1 is 1.35 bits per heavy atom. The molecule has 1 aromatic heterocycles. The maximum Gasteiger partial charge on any atom is 0.235 e. The van der Waals surface area contributed by atoms with Gasteiger partial charge in [-0.05, 0) is 12.8 Å². The van der Waals surface area contributed by atoms with Crippen LogP contribution in [-0.4, -0.2) is 26.9 Å². The molecule has 20 heavy (non-hydrogen) atoms. The van der Waals surface area contributed by atoms with Gasteiger partial charge in [0, 0.05) is 28.6 Å². The van der Waals surface area contributed by atoms with Crippen LogP contribution in [-0.2, 0) is 21.3 Å². The van der Waals surface area contributed by atoms with Crippen molar-refractivity contribution in [1.29, 1.82) is 0 Å². The van der Waals surface area contributed by atoms with E-state index in [2.05, 4.69) is 24.1 Å². The first kappa shape index (κ1) is 17.3. The van der Waals surface area contributed by atoms with Gasteiger partial charge in [0.2, 0.25) is 5.91 Å². The van der Waals surface area contributed by atoms with Crippen molar-refractivity contribution in [1.82, 2.24) is 10.3 Å². The number of rotatable bonds is 7. The summed E-state index contributed by atoms with van der Waals surface area (Å²) in [5.74, 6) is 0.983. The van der Waals surface area contributed by atoms with Gasteiger partial charge in [0.15, 0.2) is 0 Å². The molecule has 0 saturated carbocycles. The predicted molar refractivity (Wildman–Crippen MR) is 85.4 cm³/mol. The lowest BCUT2D eigenvalue weighted by Gasteiger charge is -2.12. The van der Waals surface area contributed by atoms with Crippen molar-refractivity contribution in [2.45, 2.75) is 51.5 Å². The zero-order chi connectivity index (χ0) is 15.3. The van der Waals surface area contributed by atoms with Crippen molar-refractivity contribution in [2.24, 2.45) is 5.92 Å². The van der Waals surface area contributed by atoms with E-state index in [0.29, 0.717) is 24.1 Å². The van der Waals surface area contributed by atoms with E-state index >= 15 is 0 Å². The van der Waals surface area contributed by atoms with Crippen molar-refractivity contribution >= 4 is 28.0 Å². The third-order valence-corrected chi connectivity index (χ3v) is 5.58. The maximum atomic E-state index is 12.2. The Labute approximate surface area is 127 Å². The van der Waals surface area contributed by atoms with Gasteiger partial charge in [0.25, 0.3) is 0 Å². The molecule has 6 heteroatoms. The van der Waals surface area contributed by atoms with E-state index in [1.807, 2.05) is 19.2 Å². The molecule has 4 nitrogen and oxygen atoms in total. The van der Waals surface area contributed by atoms with E-state index in [4.69, 9.17) is 0 Å². The average molecular weight is 316 g/mol. The molecule has 2 atom stereocenters. The van der Waals surface area contributed by atoms with Crippen LogP contribution in [0.1, 0.15) is 51.2 Å². The molecule has 0 unspecified atom stereocenters. The Kier molecular flexibility index (Phi) is 6.82. The molecule has 1 N–H and O–H groups in total. The number of nitrogens with zero attached hydrogens (tertiary/aromatic N) is 1.